The summed E-state index contributed by atoms with van der Waals surface area (Å²) in [6.07, 6.45) is 5.98. The summed E-state index contributed by atoms with van der Waals surface area (Å²) < 4.78 is 5.92. The van der Waals surface area contributed by atoms with Gasteiger partial charge in [-0.05, 0) is 42.5 Å². The van der Waals surface area contributed by atoms with Gasteiger partial charge in [-0.2, -0.15) is 5.06 Å². The first kappa shape index (κ1) is 25.3. The summed E-state index contributed by atoms with van der Waals surface area (Å²) in [4.78, 5) is 30.5. The van der Waals surface area contributed by atoms with Crippen LogP contribution in [0.3, 0.4) is 0 Å². The minimum absolute atomic E-state index is 0.0565. The number of para-hydroxylation sites is 2. The predicted molar refractivity (Wildman–Crippen MR) is 139 cm³/mol. The molecule has 1 aliphatic rings. The molecule has 1 heterocycles. The Hall–Kier alpha value is -3.80. The van der Waals surface area contributed by atoms with Gasteiger partial charge in [0.15, 0.2) is 11.5 Å². The number of amides is 2. The van der Waals surface area contributed by atoms with Crippen molar-refractivity contribution in [2.24, 2.45) is 0 Å². The number of aryl methyl sites for hydroxylation is 1. The predicted octanol–water partition coefficient (Wildman–Crippen LogP) is 5.47. The molecule has 2 amide bonds. The minimum atomic E-state index is -0.273. The third kappa shape index (κ3) is 7.60. The van der Waals surface area contributed by atoms with E-state index < -0.39 is 0 Å². The molecule has 0 radical (unpaired) electrons. The van der Waals surface area contributed by atoms with Crippen LogP contribution >= 0.6 is 0 Å². The fraction of sp³-hybridized carbons (Fsp3) is 0.333. The fourth-order valence-electron chi connectivity index (χ4n) is 4.20. The Morgan fingerprint density at radius 2 is 1.44 bits per heavy atom. The van der Waals surface area contributed by atoms with Gasteiger partial charge in [0.1, 0.15) is 6.61 Å². The number of hydroxylamine groups is 2. The highest BCUT2D eigenvalue weighted by Gasteiger charge is 2.40. The SMILES string of the molecule is O=C(CC1CC(=O)N1Oc1ccccc1OCc1ccccc1)NCCCCCCc1ccccc1. The average molecular weight is 487 g/mol. The van der Waals surface area contributed by atoms with E-state index in [2.05, 4.69) is 29.6 Å². The van der Waals surface area contributed by atoms with Crippen LogP contribution in [0, 0.1) is 0 Å². The third-order valence-electron chi connectivity index (χ3n) is 6.25. The molecule has 0 aromatic heterocycles. The number of nitrogens with one attached hydrogen (secondary N) is 1. The first-order valence-corrected chi connectivity index (χ1v) is 12.8. The van der Waals surface area contributed by atoms with Crippen LogP contribution in [0.1, 0.15) is 49.7 Å². The van der Waals surface area contributed by atoms with E-state index in [1.165, 1.54) is 10.6 Å². The number of hydrogen-bond donors (Lipinski definition) is 1. The summed E-state index contributed by atoms with van der Waals surface area (Å²) in [5, 5.41) is 4.28. The van der Waals surface area contributed by atoms with Crippen molar-refractivity contribution in [2.45, 2.75) is 57.6 Å². The molecule has 1 N–H and O–H groups in total. The number of rotatable bonds is 14. The van der Waals surface area contributed by atoms with Crippen LogP contribution < -0.4 is 14.9 Å². The summed E-state index contributed by atoms with van der Waals surface area (Å²) in [7, 11) is 0. The minimum Gasteiger partial charge on any atom is -0.485 e. The van der Waals surface area contributed by atoms with Gasteiger partial charge >= 0.3 is 0 Å². The third-order valence-corrected chi connectivity index (χ3v) is 6.25. The second-order valence-corrected chi connectivity index (χ2v) is 9.09. The summed E-state index contributed by atoms with van der Waals surface area (Å²) >= 11 is 0. The van der Waals surface area contributed by atoms with E-state index in [9.17, 15) is 9.59 Å². The molecule has 0 saturated carbocycles. The van der Waals surface area contributed by atoms with Gasteiger partial charge < -0.3 is 14.9 Å². The number of hydrogen-bond acceptors (Lipinski definition) is 4. The van der Waals surface area contributed by atoms with Crippen LogP contribution in [-0.4, -0.2) is 29.5 Å². The number of unbranched alkanes of at least 4 members (excludes halogenated alkanes) is 3. The second-order valence-electron chi connectivity index (χ2n) is 9.09. The Morgan fingerprint density at radius 1 is 0.806 bits per heavy atom. The molecule has 0 bridgehead atoms. The standard InChI is InChI=1S/C30H34N2O4/c33-29(31-20-12-2-1-5-13-24-14-6-3-7-15-24)21-26-22-30(34)32(26)36-28-19-11-10-18-27(28)35-23-25-16-8-4-9-17-25/h3-4,6-11,14-19,26H,1-2,5,12-13,20-23H2,(H,31,33). The largest absolute Gasteiger partial charge is 0.485 e. The number of nitrogens with zero attached hydrogens (tertiary/aromatic N) is 1. The van der Waals surface area contributed by atoms with E-state index in [0.717, 1.165) is 37.7 Å². The Bertz CT molecular complexity index is 1100. The molecule has 0 spiro atoms. The lowest BCUT2D eigenvalue weighted by molar-refractivity contribution is -0.191. The molecule has 0 aliphatic carbocycles. The molecule has 3 aromatic carbocycles. The summed E-state index contributed by atoms with van der Waals surface area (Å²) in [5.74, 6) is 0.821. The zero-order valence-electron chi connectivity index (χ0n) is 20.6. The van der Waals surface area contributed by atoms with Crippen LogP contribution in [0.5, 0.6) is 11.5 Å². The van der Waals surface area contributed by atoms with E-state index >= 15 is 0 Å². The molecule has 1 unspecified atom stereocenters. The first-order valence-electron chi connectivity index (χ1n) is 12.8. The van der Waals surface area contributed by atoms with Gasteiger partial charge in [-0.3, -0.25) is 9.59 Å². The van der Waals surface area contributed by atoms with E-state index in [-0.39, 0.29) is 24.3 Å². The van der Waals surface area contributed by atoms with E-state index in [0.29, 0.717) is 31.1 Å². The number of ether oxygens (including phenoxy) is 1. The van der Waals surface area contributed by atoms with Crippen LogP contribution in [0.2, 0.25) is 0 Å². The van der Waals surface area contributed by atoms with Crippen LogP contribution in [0.15, 0.2) is 84.9 Å². The summed E-state index contributed by atoms with van der Waals surface area (Å²) in [6, 6.07) is 27.4. The van der Waals surface area contributed by atoms with Crippen molar-refractivity contribution in [1.82, 2.24) is 10.4 Å². The average Bonchev–Trinajstić information content (AvgIpc) is 2.91. The second kappa shape index (κ2) is 13.3. The maximum absolute atomic E-state index is 12.4. The van der Waals surface area contributed by atoms with Crippen LogP contribution in [-0.2, 0) is 22.6 Å². The highest BCUT2D eigenvalue weighted by Crippen LogP contribution is 2.32. The molecule has 1 fully saturated rings. The molecule has 6 nitrogen and oxygen atoms in total. The molecular formula is C30H34N2O4. The first-order chi connectivity index (χ1) is 17.7. The summed E-state index contributed by atoms with van der Waals surface area (Å²) in [6.45, 7) is 1.05. The molecule has 1 atom stereocenters. The molecule has 4 rings (SSSR count). The van der Waals surface area contributed by atoms with Crippen molar-refractivity contribution in [3.05, 3.63) is 96.1 Å². The van der Waals surface area contributed by atoms with Gasteiger partial charge in [-0.15, -0.1) is 0 Å². The van der Waals surface area contributed by atoms with Crippen molar-refractivity contribution < 1.29 is 19.2 Å². The maximum Gasteiger partial charge on any atom is 0.257 e. The summed E-state index contributed by atoms with van der Waals surface area (Å²) in [5.41, 5.74) is 2.41. The van der Waals surface area contributed by atoms with E-state index in [4.69, 9.17) is 9.57 Å². The van der Waals surface area contributed by atoms with E-state index in [1.54, 1.807) is 6.07 Å². The quantitative estimate of drug-likeness (QED) is 0.242. The molecule has 3 aromatic rings. The molecule has 188 valence electrons. The smallest absolute Gasteiger partial charge is 0.257 e. The lowest BCUT2D eigenvalue weighted by Crippen LogP contribution is -2.55. The van der Waals surface area contributed by atoms with Gasteiger partial charge in [-0.1, -0.05) is 85.6 Å². The molecule has 6 heteroatoms. The molecule has 1 saturated heterocycles. The zero-order valence-corrected chi connectivity index (χ0v) is 20.6. The molecule has 1 aliphatic heterocycles. The van der Waals surface area contributed by atoms with Crippen molar-refractivity contribution in [3.63, 3.8) is 0 Å². The topological polar surface area (TPSA) is 67.9 Å². The van der Waals surface area contributed by atoms with Gasteiger partial charge in [-0.25, -0.2) is 0 Å². The fourth-order valence-corrected chi connectivity index (χ4v) is 4.20. The van der Waals surface area contributed by atoms with Crippen molar-refractivity contribution >= 4 is 11.8 Å². The Labute approximate surface area is 213 Å². The van der Waals surface area contributed by atoms with Gasteiger partial charge in [0.05, 0.1) is 18.9 Å². The number of β-lactam (4-membered cyclic amide) rings is 1. The molecule has 36 heavy (non-hydrogen) atoms. The monoisotopic (exact) mass is 486 g/mol. The molecular weight excluding hydrogens is 452 g/mol. The normalized spacial score (nSPS) is 14.7. The van der Waals surface area contributed by atoms with Crippen molar-refractivity contribution in [2.75, 3.05) is 6.54 Å². The Balaban J connectivity index is 1.15. The maximum atomic E-state index is 12.4. The number of carbonyl (C=O) groups excluding carboxylic acids is 2. The highest BCUT2D eigenvalue weighted by atomic mass is 16.7. The van der Waals surface area contributed by atoms with Gasteiger partial charge in [0.2, 0.25) is 5.91 Å². The Morgan fingerprint density at radius 3 is 2.17 bits per heavy atom. The van der Waals surface area contributed by atoms with Gasteiger partial charge in [0, 0.05) is 6.54 Å². The number of carbonyl (C=O) groups is 2. The van der Waals surface area contributed by atoms with Crippen LogP contribution in [0.4, 0.5) is 0 Å². The van der Waals surface area contributed by atoms with Crippen molar-refractivity contribution in [1.29, 1.82) is 0 Å². The highest BCUT2D eigenvalue weighted by molar-refractivity contribution is 5.85. The van der Waals surface area contributed by atoms with Gasteiger partial charge in [0.25, 0.3) is 5.91 Å². The van der Waals surface area contributed by atoms with Crippen molar-refractivity contribution in [3.8, 4) is 11.5 Å². The lowest BCUT2D eigenvalue weighted by atomic mass is 10.0. The number of benzene rings is 3. The van der Waals surface area contributed by atoms with Crippen LogP contribution in [0.25, 0.3) is 0 Å². The zero-order chi connectivity index (χ0) is 25.0. The van der Waals surface area contributed by atoms with E-state index in [1.807, 2.05) is 54.6 Å². The Kier molecular flexibility index (Phi) is 9.37. The lowest BCUT2D eigenvalue weighted by Gasteiger charge is -2.38.